The third-order valence-corrected chi connectivity index (χ3v) is 4.08. The first kappa shape index (κ1) is 17.8. The Bertz CT molecular complexity index is 775. The molecule has 126 valence electrons. The third kappa shape index (κ3) is 4.48. The Morgan fingerprint density at radius 2 is 1.79 bits per heavy atom. The van der Waals surface area contributed by atoms with Gasteiger partial charge in [0.05, 0.1) is 16.1 Å². The Labute approximate surface area is 138 Å². The number of nitro groups is 1. The number of alkyl halides is 3. The topological polar surface area (TPSA) is 80.4 Å². The number of aromatic carboxylic acids is 1. The van der Waals surface area contributed by atoms with Gasteiger partial charge in [0.25, 0.3) is 5.69 Å². The summed E-state index contributed by atoms with van der Waals surface area (Å²) in [6.07, 6.45) is -4.64. The summed E-state index contributed by atoms with van der Waals surface area (Å²) >= 11 is 1.02. The van der Waals surface area contributed by atoms with Crippen molar-refractivity contribution in [3.63, 3.8) is 0 Å². The van der Waals surface area contributed by atoms with Crippen molar-refractivity contribution in [3.8, 4) is 0 Å². The molecule has 0 aliphatic heterocycles. The van der Waals surface area contributed by atoms with Gasteiger partial charge in [-0.05, 0) is 23.8 Å². The SMILES string of the molecule is O=C(O)c1cc(SCc2ccc([N+](=O)[O-])cc2)cc(C(F)(F)F)c1. The molecule has 0 heterocycles. The molecule has 0 aliphatic rings. The highest BCUT2D eigenvalue weighted by Gasteiger charge is 2.31. The number of halogens is 3. The number of hydrogen-bond acceptors (Lipinski definition) is 4. The van der Waals surface area contributed by atoms with E-state index >= 15 is 0 Å². The highest BCUT2D eigenvalue weighted by molar-refractivity contribution is 7.98. The average Bonchev–Trinajstić information content (AvgIpc) is 2.52. The third-order valence-electron chi connectivity index (χ3n) is 3.03. The van der Waals surface area contributed by atoms with Crippen LogP contribution in [0.4, 0.5) is 18.9 Å². The summed E-state index contributed by atoms with van der Waals surface area (Å²) in [5.74, 6) is -1.20. The fourth-order valence-electron chi connectivity index (χ4n) is 1.85. The highest BCUT2D eigenvalue weighted by atomic mass is 32.2. The number of nitrogens with zero attached hydrogens (tertiary/aromatic N) is 1. The summed E-state index contributed by atoms with van der Waals surface area (Å²) in [5.41, 5.74) is -0.902. The van der Waals surface area contributed by atoms with Crippen LogP contribution in [0.3, 0.4) is 0 Å². The first-order valence-electron chi connectivity index (χ1n) is 6.48. The van der Waals surface area contributed by atoms with Crippen LogP contribution >= 0.6 is 11.8 Å². The van der Waals surface area contributed by atoms with Gasteiger partial charge in [0.15, 0.2) is 0 Å². The van der Waals surface area contributed by atoms with E-state index in [0.717, 1.165) is 23.9 Å². The molecule has 0 atom stereocenters. The zero-order valence-corrected chi connectivity index (χ0v) is 12.7. The van der Waals surface area contributed by atoms with Crippen molar-refractivity contribution in [2.24, 2.45) is 0 Å². The minimum Gasteiger partial charge on any atom is -0.478 e. The van der Waals surface area contributed by atoms with Crippen molar-refractivity contribution in [3.05, 3.63) is 69.3 Å². The van der Waals surface area contributed by atoms with E-state index < -0.39 is 28.2 Å². The number of rotatable bonds is 5. The van der Waals surface area contributed by atoms with Crippen LogP contribution in [0.25, 0.3) is 0 Å². The van der Waals surface area contributed by atoms with Gasteiger partial charge >= 0.3 is 12.1 Å². The second-order valence-corrected chi connectivity index (χ2v) is 5.81. The van der Waals surface area contributed by atoms with E-state index in [0.29, 0.717) is 11.6 Å². The minimum atomic E-state index is -4.64. The molecule has 5 nitrogen and oxygen atoms in total. The summed E-state index contributed by atoms with van der Waals surface area (Å²) < 4.78 is 38.5. The number of carboxylic acids is 1. The molecular weight excluding hydrogens is 347 g/mol. The summed E-state index contributed by atoms with van der Waals surface area (Å²) in [6.45, 7) is 0. The predicted octanol–water partition coefficient (Wildman–Crippen LogP) is 4.60. The molecule has 2 aromatic carbocycles. The Balaban J connectivity index is 2.21. The molecule has 0 saturated carbocycles. The van der Waals surface area contributed by atoms with Gasteiger partial charge in [0, 0.05) is 22.8 Å². The smallest absolute Gasteiger partial charge is 0.416 e. The van der Waals surface area contributed by atoms with Gasteiger partial charge in [-0.1, -0.05) is 12.1 Å². The van der Waals surface area contributed by atoms with Crippen molar-refractivity contribution in [1.82, 2.24) is 0 Å². The fourth-order valence-corrected chi connectivity index (χ4v) is 2.80. The number of non-ortho nitro benzene ring substituents is 1. The molecule has 0 spiro atoms. The lowest BCUT2D eigenvalue weighted by molar-refractivity contribution is -0.384. The number of carbonyl (C=O) groups is 1. The van der Waals surface area contributed by atoms with Gasteiger partial charge in [-0.15, -0.1) is 11.8 Å². The molecule has 0 aliphatic carbocycles. The molecule has 0 saturated heterocycles. The molecule has 2 rings (SSSR count). The van der Waals surface area contributed by atoms with Crippen LogP contribution in [-0.2, 0) is 11.9 Å². The molecule has 0 radical (unpaired) electrons. The number of thioether (sulfide) groups is 1. The standard InChI is InChI=1S/C15H10F3NO4S/c16-15(17,18)11-5-10(14(20)21)6-13(7-11)24-8-9-1-3-12(4-2-9)19(22)23/h1-7H,8H2,(H,20,21). The van der Waals surface area contributed by atoms with E-state index in [9.17, 15) is 28.1 Å². The van der Waals surface area contributed by atoms with Crippen LogP contribution in [0.5, 0.6) is 0 Å². The Kier molecular flexibility index (Phi) is 5.13. The highest BCUT2D eigenvalue weighted by Crippen LogP contribution is 2.34. The van der Waals surface area contributed by atoms with Gasteiger partial charge < -0.3 is 5.11 Å². The summed E-state index contributed by atoms with van der Waals surface area (Å²) in [5, 5.41) is 19.5. The van der Waals surface area contributed by atoms with Gasteiger partial charge in [-0.3, -0.25) is 10.1 Å². The molecule has 24 heavy (non-hydrogen) atoms. The molecule has 0 bridgehead atoms. The van der Waals surface area contributed by atoms with Crippen molar-refractivity contribution < 1.29 is 28.0 Å². The van der Waals surface area contributed by atoms with Gasteiger partial charge in [-0.25, -0.2) is 4.79 Å². The molecule has 2 aromatic rings. The lowest BCUT2D eigenvalue weighted by Gasteiger charge is -2.10. The van der Waals surface area contributed by atoms with Crippen molar-refractivity contribution in [2.45, 2.75) is 16.8 Å². The molecule has 9 heteroatoms. The lowest BCUT2D eigenvalue weighted by Crippen LogP contribution is -2.08. The van der Waals surface area contributed by atoms with Crippen molar-refractivity contribution in [2.75, 3.05) is 0 Å². The van der Waals surface area contributed by atoms with E-state index in [4.69, 9.17) is 5.11 Å². The van der Waals surface area contributed by atoms with Crippen LogP contribution in [0, 0.1) is 10.1 Å². The molecule has 0 fully saturated rings. The van der Waals surface area contributed by atoms with Crippen LogP contribution in [0.1, 0.15) is 21.5 Å². The van der Waals surface area contributed by atoms with Gasteiger partial charge in [0.2, 0.25) is 0 Å². The van der Waals surface area contributed by atoms with Crippen LogP contribution in [0.2, 0.25) is 0 Å². The maximum atomic E-state index is 12.8. The quantitative estimate of drug-likeness (QED) is 0.480. The Morgan fingerprint density at radius 1 is 1.17 bits per heavy atom. The Hall–Kier alpha value is -2.55. The second kappa shape index (κ2) is 6.91. The summed E-state index contributed by atoms with van der Waals surface area (Å²) in [4.78, 5) is 21.1. The van der Waals surface area contributed by atoms with Gasteiger partial charge in [-0.2, -0.15) is 13.2 Å². The maximum absolute atomic E-state index is 12.8. The van der Waals surface area contributed by atoms with Crippen LogP contribution in [-0.4, -0.2) is 16.0 Å². The summed E-state index contributed by atoms with van der Waals surface area (Å²) in [7, 11) is 0. The lowest BCUT2D eigenvalue weighted by atomic mass is 10.1. The molecule has 0 unspecified atom stereocenters. The first-order chi connectivity index (χ1) is 11.2. The van der Waals surface area contributed by atoms with Crippen LogP contribution in [0.15, 0.2) is 47.4 Å². The second-order valence-electron chi connectivity index (χ2n) is 4.76. The van der Waals surface area contributed by atoms with E-state index in [1.165, 1.54) is 24.3 Å². The minimum absolute atomic E-state index is 0.0871. The number of hydrogen-bond donors (Lipinski definition) is 1. The van der Waals surface area contributed by atoms with Crippen LogP contribution < -0.4 is 0 Å². The van der Waals surface area contributed by atoms with Crippen molar-refractivity contribution >= 4 is 23.4 Å². The van der Waals surface area contributed by atoms with E-state index in [1.807, 2.05) is 0 Å². The monoisotopic (exact) mass is 357 g/mol. The molecular formula is C15H10F3NO4S. The summed E-state index contributed by atoms with van der Waals surface area (Å²) in [6, 6.07) is 8.21. The average molecular weight is 357 g/mol. The Morgan fingerprint density at radius 3 is 2.29 bits per heavy atom. The van der Waals surface area contributed by atoms with E-state index in [2.05, 4.69) is 0 Å². The fraction of sp³-hybridized carbons (Fsp3) is 0.133. The molecule has 1 N–H and O–H groups in total. The first-order valence-corrected chi connectivity index (χ1v) is 7.47. The molecule has 0 aromatic heterocycles. The number of nitro benzene ring substituents is 1. The zero-order valence-electron chi connectivity index (χ0n) is 11.9. The van der Waals surface area contributed by atoms with Crippen molar-refractivity contribution in [1.29, 1.82) is 0 Å². The number of carboxylic acid groups (broad SMARTS) is 1. The normalized spacial score (nSPS) is 11.3. The van der Waals surface area contributed by atoms with Gasteiger partial charge in [0.1, 0.15) is 0 Å². The van der Waals surface area contributed by atoms with E-state index in [-0.39, 0.29) is 16.3 Å². The van der Waals surface area contributed by atoms with E-state index in [1.54, 1.807) is 0 Å². The maximum Gasteiger partial charge on any atom is 0.416 e. The largest absolute Gasteiger partial charge is 0.478 e. The molecule has 0 amide bonds. The number of benzene rings is 2. The zero-order chi connectivity index (χ0) is 17.9. The predicted molar refractivity (Wildman–Crippen MR) is 81.1 cm³/mol.